The number of aromatic nitrogens is 4. The monoisotopic (exact) mass is 244 g/mol. The van der Waals surface area contributed by atoms with Crippen LogP contribution in [0.2, 0.25) is 0 Å². The number of hydrogen-bond acceptors (Lipinski definition) is 3. The van der Waals surface area contributed by atoms with Gasteiger partial charge in [0.25, 0.3) is 5.56 Å². The maximum absolute atomic E-state index is 12.2. The molecule has 0 aliphatic heterocycles. The van der Waals surface area contributed by atoms with E-state index in [9.17, 15) is 9.59 Å². The molecule has 0 saturated heterocycles. The van der Waals surface area contributed by atoms with Gasteiger partial charge < -0.3 is 4.57 Å². The van der Waals surface area contributed by atoms with Crippen molar-refractivity contribution in [2.75, 3.05) is 0 Å². The molecule has 92 valence electrons. The molecule has 6 nitrogen and oxygen atoms in total. The first-order valence-electron chi connectivity index (χ1n) is 5.53. The average molecular weight is 244 g/mol. The van der Waals surface area contributed by atoms with Crippen LogP contribution < -0.4 is 11.2 Å². The quantitative estimate of drug-likeness (QED) is 0.564. The van der Waals surface area contributed by atoms with Gasteiger partial charge in [0.05, 0.1) is 5.52 Å². The highest BCUT2D eigenvalue weighted by molar-refractivity contribution is 6.02. The molecule has 18 heavy (non-hydrogen) atoms. The first-order valence-corrected chi connectivity index (χ1v) is 5.53. The predicted octanol–water partition coefficient (Wildman–Crippen LogP) is 0.124. The van der Waals surface area contributed by atoms with Crippen LogP contribution in [0.4, 0.5) is 0 Å². The van der Waals surface area contributed by atoms with Crippen LogP contribution in [0.1, 0.15) is 0 Å². The minimum atomic E-state index is -0.342. The summed E-state index contributed by atoms with van der Waals surface area (Å²) in [7, 11) is 4.94. The fourth-order valence-electron chi connectivity index (χ4n) is 2.37. The van der Waals surface area contributed by atoms with Crippen molar-refractivity contribution in [3.63, 3.8) is 0 Å². The van der Waals surface area contributed by atoms with Gasteiger partial charge in [-0.25, -0.2) is 4.79 Å². The molecule has 0 amide bonds. The van der Waals surface area contributed by atoms with Crippen LogP contribution >= 0.6 is 0 Å². The van der Waals surface area contributed by atoms with Crippen molar-refractivity contribution in [3.05, 3.63) is 39.2 Å². The maximum Gasteiger partial charge on any atom is 0.331 e. The molecule has 0 N–H and O–H groups in total. The van der Waals surface area contributed by atoms with Gasteiger partial charge in [-0.15, -0.1) is 0 Å². The van der Waals surface area contributed by atoms with Crippen LogP contribution in [-0.4, -0.2) is 18.7 Å². The van der Waals surface area contributed by atoms with E-state index in [0.29, 0.717) is 16.6 Å². The lowest BCUT2D eigenvalue weighted by atomic mass is 10.3. The van der Waals surface area contributed by atoms with Gasteiger partial charge in [0.1, 0.15) is 16.6 Å². The van der Waals surface area contributed by atoms with E-state index >= 15 is 0 Å². The molecule has 0 bridgehead atoms. The molecule has 0 spiro atoms. The molecule has 3 aromatic heterocycles. The summed E-state index contributed by atoms with van der Waals surface area (Å²) in [5.41, 5.74) is 1.95. The second-order valence-corrected chi connectivity index (χ2v) is 4.33. The van der Waals surface area contributed by atoms with Crippen molar-refractivity contribution in [2.24, 2.45) is 21.1 Å². The van der Waals surface area contributed by atoms with Crippen LogP contribution in [0.25, 0.3) is 22.1 Å². The number of nitrogens with zero attached hydrogens (tertiary/aromatic N) is 4. The molecule has 3 heterocycles. The molecule has 0 aromatic carbocycles. The van der Waals surface area contributed by atoms with Crippen LogP contribution in [0.3, 0.4) is 0 Å². The highest BCUT2D eigenvalue weighted by Gasteiger charge is 2.17. The van der Waals surface area contributed by atoms with E-state index in [-0.39, 0.29) is 11.2 Å². The Morgan fingerprint density at radius 3 is 2.44 bits per heavy atom. The standard InChI is InChI=1S/C12H12N4O2/c1-14-7-5-4-6-13-8(7)9-10(14)11(17)16(3)12(18)15(9)2/h4-6H,1-3H3. The fourth-order valence-corrected chi connectivity index (χ4v) is 2.37. The second kappa shape index (κ2) is 3.32. The van der Waals surface area contributed by atoms with Crippen LogP contribution in [0, 0.1) is 0 Å². The summed E-state index contributed by atoms with van der Waals surface area (Å²) >= 11 is 0. The third kappa shape index (κ3) is 1.09. The van der Waals surface area contributed by atoms with Crippen molar-refractivity contribution in [2.45, 2.75) is 0 Å². The van der Waals surface area contributed by atoms with Crippen molar-refractivity contribution in [1.29, 1.82) is 0 Å². The second-order valence-electron chi connectivity index (χ2n) is 4.33. The number of fused-ring (bicyclic) bond motifs is 3. The summed E-state index contributed by atoms with van der Waals surface area (Å²) in [6.07, 6.45) is 1.66. The molecular formula is C12H12N4O2. The van der Waals surface area contributed by atoms with Crippen LogP contribution in [-0.2, 0) is 21.1 Å². The molecule has 0 fully saturated rings. The zero-order valence-electron chi connectivity index (χ0n) is 10.3. The van der Waals surface area contributed by atoms with E-state index in [1.807, 2.05) is 12.1 Å². The number of aryl methyl sites for hydroxylation is 2. The molecular weight excluding hydrogens is 232 g/mol. The third-order valence-electron chi connectivity index (χ3n) is 3.35. The summed E-state index contributed by atoms with van der Waals surface area (Å²) in [4.78, 5) is 28.4. The third-order valence-corrected chi connectivity index (χ3v) is 3.35. The summed E-state index contributed by atoms with van der Waals surface area (Å²) in [6.45, 7) is 0. The van der Waals surface area contributed by atoms with E-state index in [0.717, 1.165) is 10.1 Å². The smallest absolute Gasteiger partial charge is 0.331 e. The zero-order chi connectivity index (χ0) is 13.0. The Labute approximate surface area is 102 Å². The van der Waals surface area contributed by atoms with E-state index in [4.69, 9.17) is 0 Å². The predicted molar refractivity (Wildman–Crippen MR) is 68.7 cm³/mol. The van der Waals surface area contributed by atoms with Gasteiger partial charge in [-0.1, -0.05) is 0 Å². The Kier molecular flexibility index (Phi) is 1.98. The lowest BCUT2D eigenvalue weighted by Crippen LogP contribution is -2.37. The lowest BCUT2D eigenvalue weighted by Gasteiger charge is -2.04. The molecule has 6 heteroatoms. The molecule has 0 aliphatic rings. The van der Waals surface area contributed by atoms with E-state index in [1.165, 1.54) is 11.6 Å². The van der Waals surface area contributed by atoms with E-state index in [1.54, 1.807) is 24.9 Å². The van der Waals surface area contributed by atoms with Gasteiger partial charge >= 0.3 is 5.69 Å². The average Bonchev–Trinajstić information content (AvgIpc) is 2.68. The molecule has 3 rings (SSSR count). The molecule has 0 atom stereocenters. The Balaban J connectivity index is 2.83. The summed E-state index contributed by atoms with van der Waals surface area (Å²) in [5, 5.41) is 0. The van der Waals surface area contributed by atoms with Crippen molar-refractivity contribution in [3.8, 4) is 0 Å². The van der Waals surface area contributed by atoms with Crippen molar-refractivity contribution in [1.82, 2.24) is 18.7 Å². The van der Waals surface area contributed by atoms with E-state index < -0.39 is 0 Å². The molecule has 0 saturated carbocycles. The minimum absolute atomic E-state index is 0.298. The van der Waals surface area contributed by atoms with Crippen LogP contribution in [0.5, 0.6) is 0 Å². The van der Waals surface area contributed by atoms with Gasteiger partial charge in [-0.3, -0.25) is 18.9 Å². The summed E-state index contributed by atoms with van der Waals surface area (Å²) in [5.74, 6) is 0. The summed E-state index contributed by atoms with van der Waals surface area (Å²) < 4.78 is 4.35. The molecule has 0 radical (unpaired) electrons. The fraction of sp³-hybridized carbons (Fsp3) is 0.250. The zero-order valence-corrected chi connectivity index (χ0v) is 10.3. The number of hydrogen-bond donors (Lipinski definition) is 0. The van der Waals surface area contributed by atoms with Gasteiger partial charge in [0.2, 0.25) is 0 Å². The lowest BCUT2D eigenvalue weighted by molar-refractivity contribution is 0.709. The first-order chi connectivity index (χ1) is 8.54. The van der Waals surface area contributed by atoms with Crippen LogP contribution in [0.15, 0.2) is 27.9 Å². The number of rotatable bonds is 0. The Morgan fingerprint density at radius 1 is 1.00 bits per heavy atom. The highest BCUT2D eigenvalue weighted by Crippen LogP contribution is 2.21. The Hall–Kier alpha value is -2.37. The molecule has 3 aromatic rings. The normalized spacial score (nSPS) is 11.5. The van der Waals surface area contributed by atoms with Gasteiger partial charge in [0.15, 0.2) is 0 Å². The van der Waals surface area contributed by atoms with Crippen molar-refractivity contribution >= 4 is 22.1 Å². The van der Waals surface area contributed by atoms with E-state index in [2.05, 4.69) is 4.98 Å². The first kappa shape index (κ1) is 10.8. The maximum atomic E-state index is 12.2. The highest BCUT2D eigenvalue weighted by atomic mass is 16.2. The van der Waals surface area contributed by atoms with Crippen molar-refractivity contribution < 1.29 is 0 Å². The Bertz CT molecular complexity index is 898. The number of pyridine rings is 1. The van der Waals surface area contributed by atoms with Gasteiger partial charge in [0, 0.05) is 27.3 Å². The SMILES string of the molecule is Cn1c(=O)c2c(c3ncccc3n2C)n(C)c1=O. The summed E-state index contributed by atoms with van der Waals surface area (Å²) in [6, 6.07) is 3.69. The van der Waals surface area contributed by atoms with Gasteiger partial charge in [-0.05, 0) is 12.1 Å². The molecule has 0 aliphatic carbocycles. The minimum Gasteiger partial charge on any atom is -0.336 e. The largest absolute Gasteiger partial charge is 0.336 e. The Morgan fingerprint density at radius 2 is 1.72 bits per heavy atom. The topological polar surface area (TPSA) is 61.8 Å². The van der Waals surface area contributed by atoms with Gasteiger partial charge in [-0.2, -0.15) is 0 Å². The molecule has 0 unspecified atom stereocenters.